The second-order valence-corrected chi connectivity index (χ2v) is 4.31. The monoisotopic (exact) mass is 268 g/mol. The molecule has 0 bridgehead atoms. The van der Waals surface area contributed by atoms with Gasteiger partial charge in [0.25, 0.3) is 0 Å². The molecule has 102 valence electrons. The normalized spacial score (nSPS) is 11.8. The second-order valence-electron chi connectivity index (χ2n) is 4.31. The van der Waals surface area contributed by atoms with E-state index in [4.69, 9.17) is 5.26 Å². The first-order chi connectivity index (χ1) is 8.90. The molecule has 0 aliphatic heterocycles. The second kappa shape index (κ2) is 6.14. The van der Waals surface area contributed by atoms with Crippen LogP contribution in [0.1, 0.15) is 13.8 Å². The molecule has 1 rings (SSSR count). The maximum atomic E-state index is 13.6. The Morgan fingerprint density at radius 2 is 2.00 bits per heavy atom. The molecule has 0 heterocycles. The first-order valence-corrected chi connectivity index (χ1v) is 5.64. The van der Waals surface area contributed by atoms with Crippen molar-refractivity contribution < 1.29 is 18.3 Å². The van der Waals surface area contributed by atoms with Gasteiger partial charge >= 0.3 is 0 Å². The van der Waals surface area contributed by atoms with Gasteiger partial charge < -0.3 is 10.1 Å². The third kappa shape index (κ3) is 3.41. The maximum absolute atomic E-state index is 13.6. The zero-order valence-electron chi connectivity index (χ0n) is 10.8. The van der Waals surface area contributed by atoms with E-state index >= 15 is 0 Å². The van der Waals surface area contributed by atoms with E-state index in [1.54, 1.807) is 13.8 Å². The smallest absolute Gasteiger partial charge is 0.242 e. The van der Waals surface area contributed by atoms with Crippen molar-refractivity contribution in [2.45, 2.75) is 13.8 Å². The third-order valence-corrected chi connectivity index (χ3v) is 2.59. The molecule has 1 N–H and O–H groups in total. The van der Waals surface area contributed by atoms with Crippen molar-refractivity contribution in [2.24, 2.45) is 11.8 Å². The van der Waals surface area contributed by atoms with Gasteiger partial charge in [-0.2, -0.15) is 5.26 Å². The van der Waals surface area contributed by atoms with Crippen LogP contribution in [0.3, 0.4) is 0 Å². The molecular weight excluding hydrogens is 254 g/mol. The highest BCUT2D eigenvalue weighted by Crippen LogP contribution is 2.25. The molecule has 19 heavy (non-hydrogen) atoms. The average molecular weight is 268 g/mol. The summed E-state index contributed by atoms with van der Waals surface area (Å²) in [5, 5.41) is 11.1. The summed E-state index contributed by atoms with van der Waals surface area (Å²) in [6, 6.07) is 3.48. The average Bonchev–Trinajstić information content (AvgIpc) is 2.33. The summed E-state index contributed by atoms with van der Waals surface area (Å²) in [6.45, 7) is 3.39. The molecule has 1 amide bonds. The van der Waals surface area contributed by atoms with E-state index < -0.39 is 23.5 Å². The van der Waals surface area contributed by atoms with Crippen molar-refractivity contribution in [3.05, 3.63) is 23.8 Å². The molecule has 1 aromatic rings. The quantitative estimate of drug-likeness (QED) is 0.913. The number of ether oxygens (including phenoxy) is 1. The number of halogens is 2. The zero-order valence-corrected chi connectivity index (χ0v) is 10.8. The Labute approximate surface area is 110 Å². The van der Waals surface area contributed by atoms with Crippen molar-refractivity contribution in [1.82, 2.24) is 0 Å². The van der Waals surface area contributed by atoms with Gasteiger partial charge in [0.05, 0.1) is 18.9 Å². The molecule has 0 radical (unpaired) electrons. The first-order valence-electron chi connectivity index (χ1n) is 5.64. The van der Waals surface area contributed by atoms with Crippen LogP contribution >= 0.6 is 0 Å². The van der Waals surface area contributed by atoms with Crippen LogP contribution in [0.4, 0.5) is 14.5 Å². The topological polar surface area (TPSA) is 62.1 Å². The van der Waals surface area contributed by atoms with Crippen LogP contribution < -0.4 is 10.1 Å². The Morgan fingerprint density at radius 1 is 1.37 bits per heavy atom. The van der Waals surface area contributed by atoms with E-state index in [2.05, 4.69) is 10.1 Å². The molecular formula is C13H14F2N2O2. The van der Waals surface area contributed by atoms with Gasteiger partial charge in [0.2, 0.25) is 5.91 Å². The molecule has 0 fully saturated rings. The molecule has 0 aromatic heterocycles. The summed E-state index contributed by atoms with van der Waals surface area (Å²) >= 11 is 0. The standard InChI is InChI=1S/C13H14F2N2O2/c1-7(2)8(6-16)13(18)17-11-4-10(15)12(19-3)5-9(11)14/h4-5,7-8H,1-3H3,(H,17,18). The number of hydrogen-bond acceptors (Lipinski definition) is 3. The summed E-state index contributed by atoms with van der Waals surface area (Å²) in [4.78, 5) is 11.7. The van der Waals surface area contributed by atoms with Crippen LogP contribution in [0.15, 0.2) is 12.1 Å². The Balaban J connectivity index is 2.98. The minimum absolute atomic E-state index is 0.226. The highest BCUT2D eigenvalue weighted by atomic mass is 19.1. The van der Waals surface area contributed by atoms with E-state index in [0.717, 1.165) is 12.1 Å². The lowest BCUT2D eigenvalue weighted by molar-refractivity contribution is -0.119. The molecule has 0 aliphatic rings. The SMILES string of the molecule is COc1cc(F)c(NC(=O)C(C#N)C(C)C)cc1F. The largest absolute Gasteiger partial charge is 0.494 e. The molecule has 0 saturated carbocycles. The van der Waals surface area contributed by atoms with E-state index in [0.29, 0.717) is 0 Å². The highest BCUT2D eigenvalue weighted by Gasteiger charge is 2.23. The van der Waals surface area contributed by atoms with Crippen LogP contribution in [0.2, 0.25) is 0 Å². The fraction of sp³-hybridized carbons (Fsp3) is 0.385. The number of benzene rings is 1. The summed E-state index contributed by atoms with van der Waals surface area (Å²) in [6.07, 6.45) is 0. The third-order valence-electron chi connectivity index (χ3n) is 2.59. The van der Waals surface area contributed by atoms with Crippen molar-refractivity contribution in [2.75, 3.05) is 12.4 Å². The van der Waals surface area contributed by atoms with Gasteiger partial charge in [-0.05, 0) is 5.92 Å². The van der Waals surface area contributed by atoms with E-state index in [-0.39, 0.29) is 17.4 Å². The predicted molar refractivity (Wildman–Crippen MR) is 65.5 cm³/mol. The first kappa shape index (κ1) is 14.9. The number of amides is 1. The van der Waals surface area contributed by atoms with Crippen LogP contribution in [0.5, 0.6) is 5.75 Å². The number of anilines is 1. The Bertz CT molecular complexity index is 524. The number of nitrogens with one attached hydrogen (secondary N) is 1. The van der Waals surface area contributed by atoms with E-state index in [1.807, 2.05) is 6.07 Å². The van der Waals surface area contributed by atoms with E-state index in [9.17, 15) is 13.6 Å². The Morgan fingerprint density at radius 3 is 2.47 bits per heavy atom. The molecule has 1 aromatic carbocycles. The van der Waals surface area contributed by atoms with Gasteiger partial charge in [-0.3, -0.25) is 4.79 Å². The van der Waals surface area contributed by atoms with Crippen molar-refractivity contribution >= 4 is 11.6 Å². The number of nitriles is 1. The molecule has 1 unspecified atom stereocenters. The minimum atomic E-state index is -0.926. The molecule has 0 spiro atoms. The summed E-state index contributed by atoms with van der Waals surface area (Å²) in [7, 11) is 1.21. The lowest BCUT2D eigenvalue weighted by Crippen LogP contribution is -2.26. The highest BCUT2D eigenvalue weighted by molar-refractivity contribution is 5.94. The number of methoxy groups -OCH3 is 1. The van der Waals surface area contributed by atoms with Gasteiger partial charge in [-0.15, -0.1) is 0 Å². The molecule has 1 atom stereocenters. The van der Waals surface area contributed by atoms with E-state index in [1.165, 1.54) is 7.11 Å². The van der Waals surface area contributed by atoms with Crippen LogP contribution in [-0.2, 0) is 4.79 Å². The van der Waals surface area contributed by atoms with Gasteiger partial charge in [-0.25, -0.2) is 8.78 Å². The predicted octanol–water partition coefficient (Wildman–Crippen LogP) is 2.71. The van der Waals surface area contributed by atoms with Crippen molar-refractivity contribution in [1.29, 1.82) is 5.26 Å². The maximum Gasteiger partial charge on any atom is 0.242 e. The molecule has 0 saturated heterocycles. The van der Waals surface area contributed by atoms with Gasteiger partial charge in [0.15, 0.2) is 17.4 Å². The zero-order chi connectivity index (χ0) is 14.6. The molecule has 0 aliphatic carbocycles. The number of rotatable bonds is 4. The summed E-state index contributed by atoms with van der Waals surface area (Å²) < 4.78 is 31.6. The van der Waals surface area contributed by atoms with Gasteiger partial charge in [-0.1, -0.05) is 13.8 Å². The Kier molecular flexibility index (Phi) is 4.81. The van der Waals surface area contributed by atoms with Gasteiger partial charge in [0.1, 0.15) is 5.92 Å². The lowest BCUT2D eigenvalue weighted by atomic mass is 9.96. The van der Waals surface area contributed by atoms with Crippen LogP contribution in [0, 0.1) is 34.8 Å². The number of carbonyl (C=O) groups excluding carboxylic acids is 1. The summed E-state index contributed by atoms with van der Waals surface area (Å²) in [5.41, 5.74) is -0.316. The number of hydrogen-bond donors (Lipinski definition) is 1. The fourth-order valence-electron chi connectivity index (χ4n) is 1.50. The van der Waals surface area contributed by atoms with Crippen molar-refractivity contribution in [3.8, 4) is 11.8 Å². The van der Waals surface area contributed by atoms with Crippen LogP contribution in [-0.4, -0.2) is 13.0 Å². The fourth-order valence-corrected chi connectivity index (χ4v) is 1.50. The van der Waals surface area contributed by atoms with Gasteiger partial charge in [0, 0.05) is 12.1 Å². The Hall–Kier alpha value is -2.16. The summed E-state index contributed by atoms with van der Waals surface area (Å²) in [5.74, 6) is -3.69. The molecule has 4 nitrogen and oxygen atoms in total. The molecule has 6 heteroatoms. The number of carbonyl (C=O) groups is 1. The van der Waals surface area contributed by atoms with Crippen molar-refractivity contribution in [3.63, 3.8) is 0 Å². The minimum Gasteiger partial charge on any atom is -0.494 e. The van der Waals surface area contributed by atoms with Crippen LogP contribution in [0.25, 0.3) is 0 Å². The lowest BCUT2D eigenvalue weighted by Gasteiger charge is -2.14. The number of nitrogens with zero attached hydrogens (tertiary/aromatic N) is 1.